The molecule has 0 radical (unpaired) electrons. The summed E-state index contributed by atoms with van der Waals surface area (Å²) in [4.78, 5) is 26.4. The molecule has 0 saturated heterocycles. The SMILES string of the molecule is C=CCC(c1ccc(Cl)c(Cl)c1)C1c2ccc(C(=O)OC)cc2C(=O)N1C. The third kappa shape index (κ3) is 3.47. The van der Waals surface area contributed by atoms with E-state index in [2.05, 4.69) is 6.58 Å². The predicted molar refractivity (Wildman–Crippen MR) is 107 cm³/mol. The lowest BCUT2D eigenvalue weighted by Gasteiger charge is -2.30. The van der Waals surface area contributed by atoms with E-state index < -0.39 is 5.97 Å². The van der Waals surface area contributed by atoms with Gasteiger partial charge in [0.1, 0.15) is 0 Å². The molecule has 6 heteroatoms. The highest BCUT2D eigenvalue weighted by molar-refractivity contribution is 6.42. The van der Waals surface area contributed by atoms with Crippen molar-refractivity contribution >= 4 is 35.1 Å². The molecule has 2 aromatic rings. The first-order chi connectivity index (χ1) is 12.9. The second-order valence-electron chi connectivity index (χ2n) is 6.46. The van der Waals surface area contributed by atoms with Crippen LogP contribution in [0.15, 0.2) is 49.1 Å². The second-order valence-corrected chi connectivity index (χ2v) is 7.27. The third-order valence-electron chi connectivity index (χ3n) is 4.93. The van der Waals surface area contributed by atoms with Gasteiger partial charge in [0, 0.05) is 18.5 Å². The minimum absolute atomic E-state index is 0.0450. The number of nitrogens with zero attached hydrogens (tertiary/aromatic N) is 1. The zero-order chi connectivity index (χ0) is 19.7. The van der Waals surface area contributed by atoms with Crippen molar-refractivity contribution in [3.8, 4) is 0 Å². The molecule has 0 bridgehead atoms. The number of halogens is 2. The van der Waals surface area contributed by atoms with Gasteiger partial charge in [0.2, 0.25) is 0 Å². The summed E-state index contributed by atoms with van der Waals surface area (Å²) in [7, 11) is 3.08. The zero-order valence-corrected chi connectivity index (χ0v) is 16.6. The maximum Gasteiger partial charge on any atom is 0.337 e. The van der Waals surface area contributed by atoms with Crippen LogP contribution in [0.5, 0.6) is 0 Å². The van der Waals surface area contributed by atoms with Crippen LogP contribution in [-0.4, -0.2) is 30.9 Å². The average Bonchev–Trinajstić information content (AvgIpc) is 2.92. The molecule has 1 amide bonds. The topological polar surface area (TPSA) is 46.6 Å². The molecular formula is C21H19Cl2NO3. The fourth-order valence-corrected chi connectivity index (χ4v) is 3.93. The van der Waals surface area contributed by atoms with Gasteiger partial charge in [0.15, 0.2) is 0 Å². The van der Waals surface area contributed by atoms with Crippen LogP contribution in [0.2, 0.25) is 10.0 Å². The number of allylic oxidation sites excluding steroid dienone is 1. The molecular weight excluding hydrogens is 385 g/mol. The first kappa shape index (κ1) is 19.5. The number of hydrogen-bond acceptors (Lipinski definition) is 3. The lowest BCUT2D eigenvalue weighted by atomic mass is 9.84. The summed E-state index contributed by atoms with van der Waals surface area (Å²) in [6, 6.07) is 10.4. The molecule has 0 saturated carbocycles. The number of likely N-dealkylation sites (N-methyl/N-ethyl adjacent to an activating group) is 1. The molecule has 4 nitrogen and oxygen atoms in total. The molecule has 0 fully saturated rings. The van der Waals surface area contributed by atoms with Gasteiger partial charge in [-0.25, -0.2) is 4.79 Å². The van der Waals surface area contributed by atoms with Crippen molar-refractivity contribution in [1.29, 1.82) is 0 Å². The molecule has 140 valence electrons. The summed E-state index contributed by atoms with van der Waals surface area (Å²) >= 11 is 12.3. The molecule has 0 N–H and O–H groups in total. The summed E-state index contributed by atoms with van der Waals surface area (Å²) in [5.74, 6) is -0.643. The molecule has 1 heterocycles. The van der Waals surface area contributed by atoms with Gasteiger partial charge in [-0.15, -0.1) is 6.58 Å². The fraction of sp³-hybridized carbons (Fsp3) is 0.238. The van der Waals surface area contributed by atoms with Gasteiger partial charge in [-0.1, -0.05) is 41.4 Å². The van der Waals surface area contributed by atoms with Crippen LogP contribution < -0.4 is 0 Å². The molecule has 2 atom stereocenters. The van der Waals surface area contributed by atoms with Crippen molar-refractivity contribution < 1.29 is 14.3 Å². The van der Waals surface area contributed by atoms with E-state index in [0.717, 1.165) is 11.1 Å². The Morgan fingerprint density at radius 3 is 2.63 bits per heavy atom. The number of benzene rings is 2. The lowest BCUT2D eigenvalue weighted by molar-refractivity contribution is 0.0600. The number of carbonyl (C=O) groups excluding carboxylic acids is 2. The first-order valence-electron chi connectivity index (χ1n) is 8.44. The highest BCUT2D eigenvalue weighted by Gasteiger charge is 2.39. The van der Waals surface area contributed by atoms with E-state index in [1.165, 1.54) is 7.11 Å². The Kier molecular flexibility index (Phi) is 5.59. The third-order valence-corrected chi connectivity index (χ3v) is 5.67. The number of methoxy groups -OCH3 is 1. The zero-order valence-electron chi connectivity index (χ0n) is 15.0. The largest absolute Gasteiger partial charge is 0.465 e. The van der Waals surface area contributed by atoms with E-state index in [1.807, 2.05) is 24.3 Å². The molecule has 0 spiro atoms. The quantitative estimate of drug-likeness (QED) is 0.504. The van der Waals surface area contributed by atoms with E-state index in [9.17, 15) is 9.59 Å². The number of esters is 1. The maximum atomic E-state index is 12.8. The van der Waals surface area contributed by atoms with Crippen LogP contribution in [0.25, 0.3) is 0 Å². The number of rotatable bonds is 5. The Balaban J connectivity index is 2.09. The second kappa shape index (κ2) is 7.75. The molecule has 2 unspecified atom stereocenters. The molecule has 2 aromatic carbocycles. The Labute approximate surface area is 168 Å². The molecule has 1 aliphatic rings. The van der Waals surface area contributed by atoms with E-state index in [0.29, 0.717) is 27.6 Å². The summed E-state index contributed by atoms with van der Waals surface area (Å²) in [6.07, 6.45) is 2.48. The van der Waals surface area contributed by atoms with Gasteiger partial charge in [0.25, 0.3) is 5.91 Å². The molecule has 1 aliphatic heterocycles. The van der Waals surface area contributed by atoms with Crippen molar-refractivity contribution in [2.75, 3.05) is 14.2 Å². The predicted octanol–water partition coefficient (Wildman–Crippen LogP) is 5.27. The van der Waals surface area contributed by atoms with Gasteiger partial charge in [-0.2, -0.15) is 0 Å². The summed E-state index contributed by atoms with van der Waals surface area (Å²) in [5.41, 5.74) is 2.71. The van der Waals surface area contributed by atoms with Crippen LogP contribution in [0, 0.1) is 0 Å². The van der Waals surface area contributed by atoms with E-state index in [4.69, 9.17) is 27.9 Å². The minimum atomic E-state index is -0.469. The van der Waals surface area contributed by atoms with Crippen molar-refractivity contribution in [3.05, 3.63) is 81.4 Å². The number of hydrogen-bond donors (Lipinski definition) is 0. The Hall–Kier alpha value is -2.30. The molecule has 0 aromatic heterocycles. The minimum Gasteiger partial charge on any atom is -0.465 e. The lowest BCUT2D eigenvalue weighted by Crippen LogP contribution is -2.27. The summed E-state index contributed by atoms with van der Waals surface area (Å²) in [6.45, 7) is 3.86. The van der Waals surface area contributed by atoms with Gasteiger partial charge < -0.3 is 9.64 Å². The Bertz CT molecular complexity index is 926. The average molecular weight is 404 g/mol. The highest BCUT2D eigenvalue weighted by Crippen LogP contribution is 2.45. The molecule has 27 heavy (non-hydrogen) atoms. The van der Waals surface area contributed by atoms with Crippen molar-refractivity contribution in [2.24, 2.45) is 0 Å². The number of carbonyl (C=O) groups is 2. The Morgan fingerprint density at radius 2 is 2.00 bits per heavy atom. The van der Waals surface area contributed by atoms with Crippen LogP contribution >= 0.6 is 23.2 Å². The standard InChI is InChI=1S/C21H19Cl2NO3/c1-4-5-14(12-7-9-17(22)18(23)11-12)19-15-8-6-13(21(26)27-3)10-16(15)20(25)24(19)2/h4,6-11,14,19H,1,5H2,2-3H3. The number of ether oxygens (including phenoxy) is 1. The summed E-state index contributed by atoms with van der Waals surface area (Å²) < 4.78 is 4.76. The van der Waals surface area contributed by atoms with Crippen molar-refractivity contribution in [1.82, 2.24) is 4.90 Å². The van der Waals surface area contributed by atoms with Crippen LogP contribution in [-0.2, 0) is 4.74 Å². The first-order valence-corrected chi connectivity index (χ1v) is 9.20. The van der Waals surface area contributed by atoms with Crippen LogP contribution in [0.3, 0.4) is 0 Å². The maximum absolute atomic E-state index is 12.8. The smallest absolute Gasteiger partial charge is 0.337 e. The highest BCUT2D eigenvalue weighted by atomic mass is 35.5. The van der Waals surface area contributed by atoms with Crippen molar-refractivity contribution in [2.45, 2.75) is 18.4 Å². The fourth-order valence-electron chi connectivity index (χ4n) is 3.63. The van der Waals surface area contributed by atoms with Gasteiger partial charge in [-0.3, -0.25) is 4.79 Å². The van der Waals surface area contributed by atoms with E-state index >= 15 is 0 Å². The number of fused-ring (bicyclic) bond motifs is 1. The molecule has 3 rings (SSSR count). The normalized spacial score (nSPS) is 16.8. The monoisotopic (exact) mass is 403 g/mol. The van der Waals surface area contributed by atoms with Crippen molar-refractivity contribution in [3.63, 3.8) is 0 Å². The van der Waals surface area contributed by atoms with Gasteiger partial charge in [-0.05, 0) is 41.8 Å². The van der Waals surface area contributed by atoms with Crippen LogP contribution in [0.1, 0.15) is 50.2 Å². The Morgan fingerprint density at radius 1 is 1.26 bits per heavy atom. The van der Waals surface area contributed by atoms with E-state index in [-0.39, 0.29) is 17.9 Å². The summed E-state index contributed by atoms with van der Waals surface area (Å²) in [5, 5.41) is 0.952. The molecule has 0 aliphatic carbocycles. The number of amides is 1. The van der Waals surface area contributed by atoms with Gasteiger partial charge >= 0.3 is 5.97 Å². The van der Waals surface area contributed by atoms with Crippen LogP contribution in [0.4, 0.5) is 0 Å². The van der Waals surface area contributed by atoms with Gasteiger partial charge in [0.05, 0.1) is 28.8 Å². The van der Waals surface area contributed by atoms with E-state index in [1.54, 1.807) is 30.1 Å².